The number of nitrogens with zero attached hydrogens (tertiary/aromatic N) is 2. The van der Waals surface area contributed by atoms with Crippen molar-refractivity contribution in [1.29, 1.82) is 0 Å². The van der Waals surface area contributed by atoms with Gasteiger partial charge in [-0.1, -0.05) is 62.4 Å². The molecule has 1 amide bonds. The Labute approximate surface area is 177 Å². The quantitative estimate of drug-likeness (QED) is 0.652. The Morgan fingerprint density at radius 2 is 1.87 bits per heavy atom. The van der Waals surface area contributed by atoms with Gasteiger partial charge in [0.25, 0.3) is 0 Å². The Hall–Kier alpha value is -3.05. The number of rotatable bonds is 6. The number of carbonyl (C=O) groups is 1. The fraction of sp³-hybridized carbons (Fsp3) is 0.320. The van der Waals surface area contributed by atoms with E-state index < -0.39 is 0 Å². The van der Waals surface area contributed by atoms with Crippen LogP contribution in [0.25, 0.3) is 11.3 Å². The van der Waals surface area contributed by atoms with Crippen molar-refractivity contribution in [3.8, 4) is 11.3 Å². The van der Waals surface area contributed by atoms with E-state index in [0.29, 0.717) is 18.2 Å². The molecule has 5 heteroatoms. The Morgan fingerprint density at radius 1 is 1.07 bits per heavy atom. The molecular formula is C25H27N3O2. The lowest BCUT2D eigenvalue weighted by Gasteiger charge is -2.22. The maximum atomic E-state index is 12.7. The molecule has 30 heavy (non-hydrogen) atoms. The lowest BCUT2D eigenvalue weighted by Crippen LogP contribution is -2.20. The summed E-state index contributed by atoms with van der Waals surface area (Å²) < 4.78 is 0. The van der Waals surface area contributed by atoms with E-state index in [1.54, 1.807) is 0 Å². The molecule has 0 spiro atoms. The van der Waals surface area contributed by atoms with Gasteiger partial charge in [-0.25, -0.2) is 9.97 Å². The van der Waals surface area contributed by atoms with Crippen LogP contribution in [0.5, 0.6) is 0 Å². The van der Waals surface area contributed by atoms with Crippen LogP contribution in [-0.2, 0) is 37.1 Å². The standard InChI is InChI=1S/C25H27N3O2/c1-16(2)12-22-25(28-23(30)14-17-6-4-3-5-7-17)27-21-11-9-19-13-18(15-29)8-10-20(19)24(21)26-22/h3-8,10,13,16,29H,9,11-12,14-15H2,1-2H3,(H,27,28,30). The van der Waals surface area contributed by atoms with Gasteiger partial charge < -0.3 is 10.4 Å². The topological polar surface area (TPSA) is 75.1 Å². The van der Waals surface area contributed by atoms with Gasteiger partial charge in [-0.05, 0) is 41.9 Å². The number of fused-ring (bicyclic) bond motifs is 3. The predicted molar refractivity (Wildman–Crippen MR) is 118 cm³/mol. The molecule has 0 radical (unpaired) electrons. The van der Waals surface area contributed by atoms with Gasteiger partial charge in [0.15, 0.2) is 5.82 Å². The van der Waals surface area contributed by atoms with E-state index in [4.69, 9.17) is 9.97 Å². The van der Waals surface area contributed by atoms with Gasteiger partial charge in [0.1, 0.15) is 0 Å². The Balaban J connectivity index is 1.67. The van der Waals surface area contributed by atoms with Gasteiger partial charge >= 0.3 is 0 Å². The molecule has 5 nitrogen and oxygen atoms in total. The van der Waals surface area contributed by atoms with Crippen molar-refractivity contribution in [2.24, 2.45) is 5.92 Å². The van der Waals surface area contributed by atoms with Crippen LogP contribution in [0.1, 0.15) is 41.9 Å². The van der Waals surface area contributed by atoms with Crippen LogP contribution in [0.4, 0.5) is 5.82 Å². The van der Waals surface area contributed by atoms with Crippen LogP contribution in [-0.4, -0.2) is 21.0 Å². The molecule has 0 unspecified atom stereocenters. The van der Waals surface area contributed by atoms with E-state index in [0.717, 1.165) is 53.0 Å². The molecule has 1 aliphatic rings. The second kappa shape index (κ2) is 8.76. The van der Waals surface area contributed by atoms with Gasteiger partial charge in [-0.2, -0.15) is 0 Å². The molecule has 1 heterocycles. The Morgan fingerprint density at radius 3 is 2.60 bits per heavy atom. The molecule has 154 valence electrons. The van der Waals surface area contributed by atoms with Gasteiger partial charge in [0.05, 0.1) is 30.1 Å². The molecule has 4 rings (SSSR count). The molecule has 0 bridgehead atoms. The third kappa shape index (κ3) is 4.41. The number of aromatic nitrogens is 2. The Bertz CT molecular complexity index is 1060. The smallest absolute Gasteiger partial charge is 0.229 e. The molecule has 0 aliphatic heterocycles. The number of carbonyl (C=O) groups excluding carboxylic acids is 1. The first-order chi connectivity index (χ1) is 14.5. The van der Waals surface area contributed by atoms with Gasteiger partial charge in [-0.3, -0.25) is 4.79 Å². The lowest BCUT2D eigenvalue weighted by molar-refractivity contribution is -0.115. The number of aliphatic hydroxyl groups is 1. The number of benzene rings is 2. The summed E-state index contributed by atoms with van der Waals surface area (Å²) in [5.74, 6) is 0.894. The maximum Gasteiger partial charge on any atom is 0.229 e. The third-order valence-electron chi connectivity index (χ3n) is 5.35. The summed E-state index contributed by atoms with van der Waals surface area (Å²) >= 11 is 0. The minimum absolute atomic E-state index is 0.0385. The van der Waals surface area contributed by atoms with Gasteiger partial charge in [0, 0.05) is 5.56 Å². The molecule has 0 fully saturated rings. The molecule has 1 aromatic heterocycles. The van der Waals surface area contributed by atoms with E-state index in [-0.39, 0.29) is 12.5 Å². The van der Waals surface area contributed by atoms with Crippen LogP contribution in [0.2, 0.25) is 0 Å². The zero-order valence-corrected chi connectivity index (χ0v) is 17.5. The second-order valence-corrected chi connectivity index (χ2v) is 8.27. The highest BCUT2D eigenvalue weighted by molar-refractivity contribution is 5.92. The van der Waals surface area contributed by atoms with Crippen molar-refractivity contribution < 1.29 is 9.90 Å². The molecule has 0 atom stereocenters. The third-order valence-corrected chi connectivity index (χ3v) is 5.35. The SMILES string of the molecule is CC(C)Cc1nc2c(nc1NC(=O)Cc1ccccc1)CCc1cc(CO)ccc1-2. The number of aliphatic hydroxyl groups excluding tert-OH is 1. The summed E-state index contributed by atoms with van der Waals surface area (Å²) in [5, 5.41) is 12.4. The Kier molecular flexibility index (Phi) is 5.91. The van der Waals surface area contributed by atoms with Crippen molar-refractivity contribution in [3.05, 3.63) is 76.6 Å². The zero-order valence-electron chi connectivity index (χ0n) is 17.5. The minimum atomic E-state index is -0.0794. The van der Waals surface area contributed by atoms with Crippen LogP contribution in [0.3, 0.4) is 0 Å². The largest absolute Gasteiger partial charge is 0.392 e. The van der Waals surface area contributed by atoms with Gasteiger partial charge in [-0.15, -0.1) is 0 Å². The minimum Gasteiger partial charge on any atom is -0.392 e. The van der Waals surface area contributed by atoms with Crippen LogP contribution >= 0.6 is 0 Å². The first kappa shape index (κ1) is 20.2. The second-order valence-electron chi connectivity index (χ2n) is 8.27. The molecule has 3 aromatic rings. The van der Waals surface area contributed by atoms with Crippen molar-refractivity contribution >= 4 is 11.7 Å². The highest BCUT2D eigenvalue weighted by atomic mass is 16.3. The van der Waals surface area contributed by atoms with Crippen molar-refractivity contribution in [3.63, 3.8) is 0 Å². The number of hydrogen-bond donors (Lipinski definition) is 2. The van der Waals surface area contributed by atoms with Crippen molar-refractivity contribution in [2.75, 3.05) is 5.32 Å². The number of aryl methyl sites for hydroxylation is 2. The normalized spacial score (nSPS) is 12.4. The predicted octanol–water partition coefficient (Wildman–Crippen LogP) is 4.11. The van der Waals surface area contributed by atoms with Gasteiger partial charge in [0.2, 0.25) is 5.91 Å². The summed E-state index contributed by atoms with van der Waals surface area (Å²) in [6, 6.07) is 15.7. The molecular weight excluding hydrogens is 374 g/mol. The number of hydrogen-bond acceptors (Lipinski definition) is 4. The van der Waals surface area contributed by atoms with E-state index in [1.807, 2.05) is 42.5 Å². The average Bonchev–Trinajstić information content (AvgIpc) is 2.74. The monoisotopic (exact) mass is 401 g/mol. The summed E-state index contributed by atoms with van der Waals surface area (Å²) in [7, 11) is 0. The summed E-state index contributed by atoms with van der Waals surface area (Å²) in [4.78, 5) is 22.5. The molecule has 2 aromatic carbocycles. The summed E-state index contributed by atoms with van der Waals surface area (Å²) in [6.45, 7) is 4.31. The van der Waals surface area contributed by atoms with Crippen LogP contribution in [0, 0.1) is 5.92 Å². The summed E-state index contributed by atoms with van der Waals surface area (Å²) in [6.07, 6.45) is 2.68. The van der Waals surface area contributed by atoms with Crippen molar-refractivity contribution in [2.45, 2.75) is 46.1 Å². The number of anilines is 1. The highest BCUT2D eigenvalue weighted by Gasteiger charge is 2.23. The van der Waals surface area contributed by atoms with Crippen molar-refractivity contribution in [1.82, 2.24) is 9.97 Å². The average molecular weight is 402 g/mol. The zero-order chi connectivity index (χ0) is 21.1. The first-order valence-electron chi connectivity index (χ1n) is 10.5. The number of amides is 1. The maximum absolute atomic E-state index is 12.7. The van der Waals surface area contributed by atoms with E-state index >= 15 is 0 Å². The summed E-state index contributed by atoms with van der Waals surface area (Å²) in [5.41, 5.74) is 6.80. The fourth-order valence-corrected chi connectivity index (χ4v) is 3.92. The van der Waals surface area contributed by atoms with E-state index in [2.05, 4.69) is 25.2 Å². The molecule has 2 N–H and O–H groups in total. The van der Waals surface area contributed by atoms with Crippen LogP contribution in [0.15, 0.2) is 48.5 Å². The first-order valence-corrected chi connectivity index (χ1v) is 10.5. The number of nitrogens with one attached hydrogen (secondary N) is 1. The fourth-order valence-electron chi connectivity index (χ4n) is 3.92. The lowest BCUT2D eigenvalue weighted by atomic mass is 9.90. The van der Waals surface area contributed by atoms with Crippen LogP contribution < -0.4 is 5.32 Å². The molecule has 0 saturated heterocycles. The van der Waals surface area contributed by atoms with E-state index in [9.17, 15) is 9.90 Å². The highest BCUT2D eigenvalue weighted by Crippen LogP contribution is 2.34. The molecule has 0 saturated carbocycles. The molecule has 1 aliphatic carbocycles. The van der Waals surface area contributed by atoms with E-state index in [1.165, 1.54) is 5.56 Å².